The second kappa shape index (κ2) is 6.22. The summed E-state index contributed by atoms with van der Waals surface area (Å²) in [6.45, 7) is 1.90. The second-order valence-electron chi connectivity index (χ2n) is 5.27. The highest BCUT2D eigenvalue weighted by Gasteiger charge is 2.16. The largest absolute Gasteiger partial charge is 0.281 e. The molecule has 1 amide bonds. The van der Waals surface area contributed by atoms with Crippen LogP contribution in [0.1, 0.15) is 45.4 Å². The molecular formula is C17H18N2OS. The molecule has 0 saturated heterocycles. The normalized spacial score (nSPS) is 14.6. The van der Waals surface area contributed by atoms with Crippen molar-refractivity contribution >= 4 is 23.0 Å². The SMILES string of the molecule is C/C(=N\NC(=O)c1cc2c(s1)CCCC2)c1ccccc1. The molecule has 108 valence electrons. The van der Waals surface area contributed by atoms with E-state index in [-0.39, 0.29) is 5.91 Å². The lowest BCUT2D eigenvalue weighted by molar-refractivity contribution is 0.0959. The van der Waals surface area contributed by atoms with E-state index in [0.717, 1.165) is 29.0 Å². The molecule has 3 rings (SSSR count). The van der Waals surface area contributed by atoms with Crippen molar-refractivity contribution < 1.29 is 4.79 Å². The van der Waals surface area contributed by atoms with E-state index in [1.54, 1.807) is 11.3 Å². The van der Waals surface area contributed by atoms with Crippen molar-refractivity contribution in [1.29, 1.82) is 0 Å². The van der Waals surface area contributed by atoms with Crippen LogP contribution in [0.3, 0.4) is 0 Å². The number of benzene rings is 1. The van der Waals surface area contributed by atoms with E-state index in [1.807, 2.05) is 43.3 Å². The van der Waals surface area contributed by atoms with Crippen molar-refractivity contribution in [2.24, 2.45) is 5.10 Å². The van der Waals surface area contributed by atoms with Crippen LogP contribution < -0.4 is 5.43 Å². The third-order valence-electron chi connectivity index (χ3n) is 3.74. The fourth-order valence-electron chi connectivity index (χ4n) is 2.54. The minimum atomic E-state index is -0.107. The summed E-state index contributed by atoms with van der Waals surface area (Å²) in [7, 11) is 0. The van der Waals surface area contributed by atoms with Gasteiger partial charge in [-0.2, -0.15) is 5.10 Å². The van der Waals surface area contributed by atoms with Gasteiger partial charge in [-0.15, -0.1) is 11.3 Å². The summed E-state index contributed by atoms with van der Waals surface area (Å²) in [5.41, 5.74) is 5.84. The van der Waals surface area contributed by atoms with Crippen LogP contribution in [0, 0.1) is 0 Å². The lowest BCUT2D eigenvalue weighted by atomic mass is 9.99. The van der Waals surface area contributed by atoms with Gasteiger partial charge in [0.25, 0.3) is 5.91 Å². The average Bonchev–Trinajstić information content (AvgIpc) is 2.97. The Bertz CT molecular complexity index is 650. The Morgan fingerprint density at radius 2 is 1.95 bits per heavy atom. The van der Waals surface area contributed by atoms with Crippen LogP contribution >= 0.6 is 11.3 Å². The van der Waals surface area contributed by atoms with Crippen LogP contribution in [0.25, 0.3) is 0 Å². The summed E-state index contributed by atoms with van der Waals surface area (Å²) in [5, 5.41) is 4.20. The zero-order valence-corrected chi connectivity index (χ0v) is 12.9. The Kier molecular flexibility index (Phi) is 4.15. The zero-order chi connectivity index (χ0) is 14.7. The predicted octanol–water partition coefficient (Wildman–Crippen LogP) is 3.78. The number of hydrazone groups is 1. The fraction of sp³-hybridized carbons (Fsp3) is 0.294. The van der Waals surface area contributed by atoms with E-state index in [0.29, 0.717) is 0 Å². The Morgan fingerprint density at radius 1 is 1.19 bits per heavy atom. The van der Waals surface area contributed by atoms with Crippen LogP contribution in [-0.4, -0.2) is 11.6 Å². The van der Waals surface area contributed by atoms with Crippen molar-refractivity contribution in [3.8, 4) is 0 Å². The number of nitrogens with one attached hydrogen (secondary N) is 1. The summed E-state index contributed by atoms with van der Waals surface area (Å²) in [6.07, 6.45) is 4.68. The minimum Gasteiger partial charge on any atom is -0.266 e. The molecule has 0 bridgehead atoms. The van der Waals surface area contributed by atoms with Crippen molar-refractivity contribution in [3.05, 3.63) is 57.3 Å². The van der Waals surface area contributed by atoms with Gasteiger partial charge >= 0.3 is 0 Å². The molecule has 2 aromatic rings. The Hall–Kier alpha value is -1.94. The average molecular weight is 298 g/mol. The summed E-state index contributed by atoms with van der Waals surface area (Å²) in [5.74, 6) is -0.107. The molecule has 21 heavy (non-hydrogen) atoms. The number of fused-ring (bicyclic) bond motifs is 1. The molecule has 1 N–H and O–H groups in total. The van der Waals surface area contributed by atoms with Crippen molar-refractivity contribution in [2.45, 2.75) is 32.6 Å². The van der Waals surface area contributed by atoms with Crippen molar-refractivity contribution in [2.75, 3.05) is 0 Å². The molecule has 0 saturated carbocycles. The molecule has 3 nitrogen and oxygen atoms in total. The number of hydrogen-bond donors (Lipinski definition) is 1. The third-order valence-corrected chi connectivity index (χ3v) is 4.97. The highest BCUT2D eigenvalue weighted by atomic mass is 32.1. The molecule has 4 heteroatoms. The fourth-order valence-corrected chi connectivity index (χ4v) is 3.68. The van der Waals surface area contributed by atoms with Gasteiger partial charge in [0, 0.05) is 4.88 Å². The number of thiophene rings is 1. The Balaban J connectivity index is 1.70. The lowest BCUT2D eigenvalue weighted by Gasteiger charge is -2.08. The van der Waals surface area contributed by atoms with Crippen LogP contribution in [0.4, 0.5) is 0 Å². The maximum atomic E-state index is 12.2. The van der Waals surface area contributed by atoms with Crippen molar-refractivity contribution in [1.82, 2.24) is 5.43 Å². The molecule has 0 spiro atoms. The van der Waals surface area contributed by atoms with Gasteiger partial charge < -0.3 is 0 Å². The molecule has 1 heterocycles. The molecule has 1 aromatic heterocycles. The molecule has 1 aliphatic rings. The van der Waals surface area contributed by atoms with Crippen LogP contribution in [0.2, 0.25) is 0 Å². The first-order chi connectivity index (χ1) is 10.2. The Morgan fingerprint density at radius 3 is 2.71 bits per heavy atom. The molecule has 0 aliphatic heterocycles. The number of nitrogens with zero attached hydrogens (tertiary/aromatic N) is 1. The summed E-state index contributed by atoms with van der Waals surface area (Å²) in [6, 6.07) is 11.9. The van der Waals surface area contributed by atoms with Gasteiger partial charge in [0.15, 0.2) is 0 Å². The number of rotatable bonds is 3. The smallest absolute Gasteiger partial charge is 0.266 e. The highest BCUT2D eigenvalue weighted by molar-refractivity contribution is 7.14. The van der Waals surface area contributed by atoms with Crippen LogP contribution in [0.5, 0.6) is 0 Å². The van der Waals surface area contributed by atoms with Crippen LogP contribution in [0.15, 0.2) is 41.5 Å². The van der Waals surface area contributed by atoms with Crippen molar-refractivity contribution in [3.63, 3.8) is 0 Å². The molecule has 1 aromatic carbocycles. The van der Waals surface area contributed by atoms with Gasteiger partial charge in [0.2, 0.25) is 0 Å². The standard InChI is InChI=1S/C17H18N2OS/c1-12(13-7-3-2-4-8-13)18-19-17(20)16-11-14-9-5-6-10-15(14)21-16/h2-4,7-8,11H,5-6,9-10H2,1H3,(H,19,20)/b18-12+. The topological polar surface area (TPSA) is 41.5 Å². The quantitative estimate of drug-likeness (QED) is 0.680. The number of aryl methyl sites for hydroxylation is 2. The van der Waals surface area contributed by atoms with E-state index >= 15 is 0 Å². The van der Waals surface area contributed by atoms with E-state index in [2.05, 4.69) is 10.5 Å². The monoisotopic (exact) mass is 298 g/mol. The molecular weight excluding hydrogens is 280 g/mol. The maximum Gasteiger partial charge on any atom is 0.281 e. The molecule has 0 radical (unpaired) electrons. The lowest BCUT2D eigenvalue weighted by Crippen LogP contribution is -2.18. The summed E-state index contributed by atoms with van der Waals surface area (Å²) in [4.78, 5) is 14.3. The third kappa shape index (κ3) is 3.22. The van der Waals surface area contributed by atoms with Gasteiger partial charge in [0.1, 0.15) is 0 Å². The maximum absolute atomic E-state index is 12.2. The zero-order valence-electron chi connectivity index (χ0n) is 12.1. The van der Waals surface area contributed by atoms with Gasteiger partial charge in [-0.1, -0.05) is 30.3 Å². The van der Waals surface area contributed by atoms with E-state index < -0.39 is 0 Å². The molecule has 1 aliphatic carbocycles. The number of amides is 1. The van der Waals surface area contributed by atoms with Gasteiger partial charge in [-0.05, 0) is 49.8 Å². The second-order valence-corrected chi connectivity index (χ2v) is 6.41. The first-order valence-electron chi connectivity index (χ1n) is 7.25. The van der Waals surface area contributed by atoms with Gasteiger partial charge in [0.05, 0.1) is 10.6 Å². The van der Waals surface area contributed by atoms with Gasteiger partial charge in [-0.25, -0.2) is 5.43 Å². The van der Waals surface area contributed by atoms with E-state index in [1.165, 1.54) is 23.3 Å². The summed E-state index contributed by atoms with van der Waals surface area (Å²) >= 11 is 1.61. The highest BCUT2D eigenvalue weighted by Crippen LogP contribution is 2.29. The van der Waals surface area contributed by atoms with E-state index in [4.69, 9.17) is 0 Å². The number of carbonyl (C=O) groups excluding carboxylic acids is 1. The minimum absolute atomic E-state index is 0.107. The first kappa shape index (κ1) is 14.0. The van der Waals surface area contributed by atoms with E-state index in [9.17, 15) is 4.79 Å². The van der Waals surface area contributed by atoms with Crippen LogP contribution in [-0.2, 0) is 12.8 Å². The summed E-state index contributed by atoms with van der Waals surface area (Å²) < 4.78 is 0. The predicted molar refractivity (Wildman–Crippen MR) is 87.1 cm³/mol. The molecule has 0 unspecified atom stereocenters. The molecule has 0 atom stereocenters. The Labute approximate surface area is 128 Å². The number of carbonyl (C=O) groups is 1. The first-order valence-corrected chi connectivity index (χ1v) is 8.07. The van der Waals surface area contributed by atoms with Gasteiger partial charge in [-0.3, -0.25) is 4.79 Å². The molecule has 0 fully saturated rings. The number of hydrogen-bond acceptors (Lipinski definition) is 3.